The highest BCUT2D eigenvalue weighted by atomic mass is 35.5. The van der Waals surface area contributed by atoms with Crippen molar-refractivity contribution in [3.63, 3.8) is 0 Å². The summed E-state index contributed by atoms with van der Waals surface area (Å²) in [5.74, 6) is -0.795. The highest BCUT2D eigenvalue weighted by molar-refractivity contribution is 6.32. The molecule has 1 aromatic carbocycles. The molecule has 1 aliphatic rings. The summed E-state index contributed by atoms with van der Waals surface area (Å²) in [5.41, 5.74) is 0.179. The van der Waals surface area contributed by atoms with Crippen LogP contribution in [0.4, 0.5) is 13.2 Å². The Balaban J connectivity index is 0.00000242. The van der Waals surface area contributed by atoms with E-state index in [9.17, 15) is 13.2 Å². The lowest BCUT2D eigenvalue weighted by atomic mass is 10.0. The summed E-state index contributed by atoms with van der Waals surface area (Å²) in [6.07, 6.45) is -2.61. The molecule has 0 amide bonds. The topological polar surface area (TPSA) is 24.5 Å². The first-order valence-electron chi connectivity index (χ1n) is 6.89. The Morgan fingerprint density at radius 3 is 2.35 bits per heavy atom. The summed E-state index contributed by atoms with van der Waals surface area (Å²) in [7, 11) is 0. The molecule has 134 valence electrons. The molecule has 2 rings (SSSR count). The van der Waals surface area contributed by atoms with Gasteiger partial charge in [-0.3, -0.25) is 4.90 Å². The molecule has 23 heavy (non-hydrogen) atoms. The molecule has 1 fully saturated rings. The van der Waals surface area contributed by atoms with Crippen molar-refractivity contribution in [3.05, 3.63) is 28.5 Å². The van der Waals surface area contributed by atoms with Gasteiger partial charge < -0.3 is 10.1 Å². The van der Waals surface area contributed by atoms with Gasteiger partial charge in [0.15, 0.2) is 11.6 Å². The van der Waals surface area contributed by atoms with Crippen LogP contribution in [0.3, 0.4) is 0 Å². The van der Waals surface area contributed by atoms with E-state index in [0.29, 0.717) is 26.2 Å². The molecule has 1 saturated heterocycles. The zero-order chi connectivity index (χ0) is 15.4. The van der Waals surface area contributed by atoms with Crippen LogP contribution in [0.25, 0.3) is 0 Å². The van der Waals surface area contributed by atoms with E-state index in [0.717, 1.165) is 6.07 Å². The molecule has 1 heterocycles. The largest absolute Gasteiger partial charge is 0.489 e. The minimum atomic E-state index is -2.61. The van der Waals surface area contributed by atoms with Crippen LogP contribution in [0.15, 0.2) is 12.1 Å². The predicted molar refractivity (Wildman–Crippen MR) is 90.3 cm³/mol. The second-order valence-electron chi connectivity index (χ2n) is 4.81. The smallest absolute Gasteiger partial charge is 0.258 e. The van der Waals surface area contributed by atoms with Gasteiger partial charge in [-0.25, -0.2) is 13.2 Å². The minimum Gasteiger partial charge on any atom is -0.489 e. The molecule has 0 bridgehead atoms. The number of hydrogen-bond acceptors (Lipinski definition) is 3. The number of ether oxygens (including phenoxy) is 1. The second kappa shape index (κ2) is 10.5. The molecule has 1 aliphatic heterocycles. The van der Waals surface area contributed by atoms with Crippen molar-refractivity contribution < 1.29 is 17.9 Å². The van der Waals surface area contributed by atoms with Crippen molar-refractivity contribution in [2.75, 3.05) is 32.8 Å². The van der Waals surface area contributed by atoms with Gasteiger partial charge >= 0.3 is 0 Å². The van der Waals surface area contributed by atoms with Crippen molar-refractivity contribution in [2.45, 2.75) is 19.4 Å². The summed E-state index contributed by atoms with van der Waals surface area (Å²) >= 11 is 5.96. The minimum absolute atomic E-state index is 0. The zero-order valence-electron chi connectivity index (χ0n) is 12.5. The second-order valence-corrected chi connectivity index (χ2v) is 5.22. The summed E-state index contributed by atoms with van der Waals surface area (Å²) in [6, 6.07) is 1.30. The number of hydrogen-bond donors (Lipinski definition) is 1. The van der Waals surface area contributed by atoms with E-state index in [1.807, 2.05) is 0 Å². The van der Waals surface area contributed by atoms with Crippen molar-refractivity contribution in [3.8, 4) is 5.75 Å². The molecule has 0 saturated carbocycles. The van der Waals surface area contributed by atoms with Gasteiger partial charge in [-0.15, -0.1) is 24.8 Å². The van der Waals surface area contributed by atoms with Crippen LogP contribution in [0, 0.1) is 5.82 Å². The zero-order valence-corrected chi connectivity index (χ0v) is 14.9. The molecule has 3 nitrogen and oxygen atoms in total. The van der Waals surface area contributed by atoms with Crippen molar-refractivity contribution >= 4 is 36.4 Å². The third kappa shape index (κ3) is 5.57. The van der Waals surface area contributed by atoms with E-state index in [2.05, 4.69) is 5.32 Å². The molecular weight excluding hydrogens is 376 g/mol. The van der Waals surface area contributed by atoms with Gasteiger partial charge in [0.05, 0.1) is 17.7 Å². The lowest BCUT2D eigenvalue weighted by Crippen LogP contribution is -2.46. The molecule has 0 spiro atoms. The molecule has 9 heteroatoms. The van der Waals surface area contributed by atoms with Gasteiger partial charge in [-0.2, -0.15) is 0 Å². The maximum atomic E-state index is 14.0. The van der Waals surface area contributed by atoms with Crippen molar-refractivity contribution in [1.82, 2.24) is 10.2 Å². The fourth-order valence-corrected chi connectivity index (χ4v) is 2.78. The molecule has 0 aromatic heterocycles. The highest BCUT2D eigenvalue weighted by Gasteiger charge is 2.31. The maximum Gasteiger partial charge on any atom is 0.258 e. The van der Waals surface area contributed by atoms with Gasteiger partial charge in [-0.1, -0.05) is 11.6 Å². The van der Waals surface area contributed by atoms with E-state index in [1.165, 1.54) is 6.07 Å². The fourth-order valence-electron chi connectivity index (χ4n) is 2.51. The van der Waals surface area contributed by atoms with Crippen molar-refractivity contribution in [1.29, 1.82) is 0 Å². The van der Waals surface area contributed by atoms with Crippen molar-refractivity contribution in [2.24, 2.45) is 0 Å². The van der Waals surface area contributed by atoms with Crippen LogP contribution < -0.4 is 10.1 Å². The number of benzene rings is 1. The molecule has 0 unspecified atom stereocenters. The lowest BCUT2D eigenvalue weighted by Gasteiger charge is -2.34. The monoisotopic (exact) mass is 394 g/mol. The summed E-state index contributed by atoms with van der Waals surface area (Å²) in [5, 5.41) is 3.12. The first-order chi connectivity index (χ1) is 10.0. The van der Waals surface area contributed by atoms with Crippen LogP contribution in [-0.4, -0.2) is 44.1 Å². The van der Waals surface area contributed by atoms with Crippen LogP contribution >= 0.6 is 36.4 Å². The molecule has 0 radical (unpaired) electrons. The van der Waals surface area contributed by atoms with Crippen LogP contribution in [0.2, 0.25) is 5.02 Å². The molecule has 1 N–H and O–H groups in total. The normalized spacial score (nSPS) is 16.4. The Morgan fingerprint density at radius 1 is 1.26 bits per heavy atom. The highest BCUT2D eigenvalue weighted by Crippen LogP contribution is 2.35. The summed E-state index contributed by atoms with van der Waals surface area (Å²) in [4.78, 5) is 1.65. The number of nitrogens with zero attached hydrogens (tertiary/aromatic N) is 1. The van der Waals surface area contributed by atoms with Crippen LogP contribution in [-0.2, 0) is 0 Å². The molecular formula is C14H20Cl3F3N2O. The Labute approximate surface area is 151 Å². The van der Waals surface area contributed by atoms with Gasteiger partial charge in [0, 0.05) is 26.2 Å². The average molecular weight is 396 g/mol. The van der Waals surface area contributed by atoms with E-state index in [1.54, 1.807) is 11.8 Å². The quantitative estimate of drug-likeness (QED) is 0.817. The van der Waals surface area contributed by atoms with E-state index < -0.39 is 18.3 Å². The Hall–Kier alpha value is -0.400. The standard InChI is InChI=1S/C14H18ClF3N2O.2ClH/c1-2-21-13-10(15)7-9(8-11(13)16)12(14(17)18)20-5-3-19-4-6-20;;/h7-8,12,14,19H,2-6H2,1H3;2*1H/t12-;;/m1../s1. The van der Waals surface area contributed by atoms with Gasteiger partial charge in [-0.05, 0) is 24.6 Å². The van der Waals surface area contributed by atoms with E-state index >= 15 is 0 Å². The Morgan fingerprint density at radius 2 is 1.87 bits per heavy atom. The third-order valence-electron chi connectivity index (χ3n) is 3.43. The Bertz CT molecular complexity index is 465. The molecule has 0 aliphatic carbocycles. The number of nitrogens with one attached hydrogen (secondary N) is 1. The number of alkyl halides is 2. The number of piperazine rings is 1. The maximum absolute atomic E-state index is 14.0. The SMILES string of the molecule is CCOc1c(F)cc([C@H](C(F)F)N2CCNCC2)cc1Cl.Cl.Cl. The first kappa shape index (κ1) is 22.6. The first-order valence-corrected chi connectivity index (χ1v) is 7.27. The van der Waals surface area contributed by atoms with Gasteiger partial charge in [0.1, 0.15) is 0 Å². The number of halogens is 6. The third-order valence-corrected chi connectivity index (χ3v) is 3.72. The van der Waals surface area contributed by atoms with E-state index in [-0.39, 0.29) is 47.8 Å². The average Bonchev–Trinajstić information content (AvgIpc) is 2.44. The molecule has 1 atom stereocenters. The van der Waals surface area contributed by atoms with Gasteiger partial charge in [0.25, 0.3) is 6.43 Å². The summed E-state index contributed by atoms with van der Waals surface area (Å²) < 4.78 is 45.9. The van der Waals surface area contributed by atoms with Crippen LogP contribution in [0.1, 0.15) is 18.5 Å². The number of rotatable bonds is 5. The lowest BCUT2D eigenvalue weighted by molar-refractivity contribution is 0.0180. The van der Waals surface area contributed by atoms with Crippen LogP contribution in [0.5, 0.6) is 5.75 Å². The Kier molecular flexibility index (Phi) is 10.3. The van der Waals surface area contributed by atoms with E-state index in [4.69, 9.17) is 16.3 Å². The summed E-state index contributed by atoms with van der Waals surface area (Å²) in [6.45, 7) is 4.20. The van der Waals surface area contributed by atoms with Gasteiger partial charge in [0.2, 0.25) is 0 Å². The molecule has 1 aromatic rings. The predicted octanol–water partition coefficient (Wildman–Crippen LogP) is 3.93. The fraction of sp³-hybridized carbons (Fsp3) is 0.571.